The smallest absolute Gasteiger partial charge is 0.250 e. The first kappa shape index (κ1) is 11.5. The van der Waals surface area contributed by atoms with Gasteiger partial charge in [-0.1, -0.05) is 6.58 Å². The lowest BCUT2D eigenvalue weighted by Crippen LogP contribution is -2.11. The molecule has 0 bridgehead atoms. The predicted octanol–water partition coefficient (Wildman–Crippen LogP) is 1.17. The third kappa shape index (κ3) is 3.21. The number of anilines is 1. The molecule has 0 aliphatic carbocycles. The first-order valence-corrected chi connectivity index (χ1v) is 5.40. The lowest BCUT2D eigenvalue weighted by Gasteiger charge is -2.03. The van der Waals surface area contributed by atoms with E-state index in [4.69, 9.17) is 0 Å². The lowest BCUT2D eigenvalue weighted by molar-refractivity contribution is -0.112. The van der Waals surface area contributed by atoms with Crippen LogP contribution in [0.5, 0.6) is 0 Å². The molecule has 0 heterocycles. The monoisotopic (exact) mass is 225 g/mol. The number of hydrogen-bond acceptors (Lipinski definition) is 3. The highest BCUT2D eigenvalue weighted by Crippen LogP contribution is 2.11. The van der Waals surface area contributed by atoms with Crippen molar-refractivity contribution in [1.82, 2.24) is 0 Å². The molecule has 80 valence electrons. The number of benzene rings is 1. The van der Waals surface area contributed by atoms with Crippen molar-refractivity contribution >= 4 is 22.3 Å². The van der Waals surface area contributed by atoms with Crippen molar-refractivity contribution in [3.63, 3.8) is 0 Å². The van der Waals surface area contributed by atoms with Crippen molar-refractivity contribution in [2.45, 2.75) is 11.8 Å². The fourth-order valence-corrected chi connectivity index (χ4v) is 1.30. The van der Waals surface area contributed by atoms with Gasteiger partial charge in [-0.05, 0) is 31.2 Å². The molecular weight excluding hydrogens is 214 g/mol. The van der Waals surface area contributed by atoms with Crippen LogP contribution in [-0.4, -0.2) is 14.3 Å². The molecule has 1 rings (SSSR count). The maximum Gasteiger partial charge on any atom is 0.250 e. The van der Waals surface area contributed by atoms with Crippen molar-refractivity contribution < 1.29 is 13.2 Å². The van der Waals surface area contributed by atoms with E-state index in [1.807, 2.05) is 0 Å². The molecule has 0 aliphatic heterocycles. The summed E-state index contributed by atoms with van der Waals surface area (Å²) in [5, 5.41) is 2.57. The summed E-state index contributed by atoms with van der Waals surface area (Å²) in [5.74, 6) is -0.283. The van der Waals surface area contributed by atoms with Crippen molar-refractivity contribution in [2.24, 2.45) is 0 Å². The second kappa shape index (κ2) is 4.75. The molecule has 0 aromatic heterocycles. The first-order chi connectivity index (χ1) is 7.00. The third-order valence-electron chi connectivity index (χ3n) is 1.72. The number of carbonyl (C=O) groups is 1. The van der Waals surface area contributed by atoms with Crippen LogP contribution in [0.2, 0.25) is 0 Å². The molecule has 1 aromatic carbocycles. The van der Waals surface area contributed by atoms with Crippen LogP contribution in [0, 0.1) is 0 Å². The standard InChI is InChI=1S/C10H11NO3S/c1-7(2)10(12)11-8-3-5-9(6-4-8)15(13)14/h3-6,15H,1H2,2H3,(H,11,12). The number of thiol groups is 1. The molecule has 0 saturated heterocycles. The Bertz CT molecular complexity index is 452. The number of amides is 1. The molecule has 0 unspecified atom stereocenters. The molecule has 0 saturated carbocycles. The van der Waals surface area contributed by atoms with Gasteiger partial charge in [0.2, 0.25) is 0 Å². The normalized spacial score (nSPS) is 10.0. The number of nitrogens with one attached hydrogen (secondary N) is 1. The van der Waals surface area contributed by atoms with Gasteiger partial charge >= 0.3 is 0 Å². The molecule has 1 amide bonds. The Morgan fingerprint density at radius 2 is 1.80 bits per heavy atom. The molecule has 4 nitrogen and oxygen atoms in total. The Morgan fingerprint density at radius 1 is 1.27 bits per heavy atom. The van der Waals surface area contributed by atoms with Crippen LogP contribution in [0.3, 0.4) is 0 Å². The van der Waals surface area contributed by atoms with E-state index < -0.39 is 10.7 Å². The van der Waals surface area contributed by atoms with Crippen LogP contribution in [0.1, 0.15) is 6.92 Å². The number of hydrogen-bond donors (Lipinski definition) is 2. The van der Waals surface area contributed by atoms with Crippen LogP contribution < -0.4 is 5.32 Å². The minimum Gasteiger partial charge on any atom is -0.322 e. The summed E-state index contributed by atoms with van der Waals surface area (Å²) in [6, 6.07) is 5.92. The third-order valence-corrected chi connectivity index (χ3v) is 2.44. The fraction of sp³-hybridized carbons (Fsp3) is 0.100. The molecule has 1 N–H and O–H groups in total. The molecule has 0 fully saturated rings. The quantitative estimate of drug-likeness (QED) is 0.599. The largest absolute Gasteiger partial charge is 0.322 e. The summed E-state index contributed by atoms with van der Waals surface area (Å²) >= 11 is 0. The van der Waals surface area contributed by atoms with Gasteiger partial charge < -0.3 is 5.32 Å². The SMILES string of the molecule is C=C(C)C(=O)Nc1ccc([SH](=O)=O)cc1. The summed E-state index contributed by atoms with van der Waals surface area (Å²) in [7, 11) is -2.57. The lowest BCUT2D eigenvalue weighted by atomic mass is 10.3. The van der Waals surface area contributed by atoms with E-state index in [2.05, 4.69) is 11.9 Å². The Kier molecular flexibility index (Phi) is 3.62. The van der Waals surface area contributed by atoms with Gasteiger partial charge in [0.15, 0.2) is 10.7 Å². The Hall–Kier alpha value is -1.62. The highest BCUT2D eigenvalue weighted by molar-refractivity contribution is 7.72. The molecular formula is C10H11NO3S. The Morgan fingerprint density at radius 3 is 2.20 bits per heavy atom. The van der Waals surface area contributed by atoms with Gasteiger partial charge in [-0.3, -0.25) is 4.79 Å². The van der Waals surface area contributed by atoms with Crippen molar-refractivity contribution in [3.05, 3.63) is 36.4 Å². The second-order valence-corrected chi connectivity index (χ2v) is 4.07. The summed E-state index contributed by atoms with van der Waals surface area (Å²) < 4.78 is 21.2. The van der Waals surface area contributed by atoms with Gasteiger partial charge in [-0.2, -0.15) is 0 Å². The van der Waals surface area contributed by atoms with Crippen LogP contribution in [0.4, 0.5) is 5.69 Å². The highest BCUT2D eigenvalue weighted by atomic mass is 32.2. The zero-order valence-corrected chi connectivity index (χ0v) is 9.08. The van der Waals surface area contributed by atoms with Crippen molar-refractivity contribution in [1.29, 1.82) is 0 Å². The van der Waals surface area contributed by atoms with E-state index >= 15 is 0 Å². The van der Waals surface area contributed by atoms with Crippen LogP contribution in [-0.2, 0) is 15.5 Å². The van der Waals surface area contributed by atoms with Gasteiger partial charge in [0.25, 0.3) is 5.91 Å². The van der Waals surface area contributed by atoms with Crippen LogP contribution in [0.15, 0.2) is 41.3 Å². The molecule has 0 atom stereocenters. The summed E-state index contributed by atoms with van der Waals surface area (Å²) in [5.41, 5.74) is 0.942. The molecule has 15 heavy (non-hydrogen) atoms. The van der Waals surface area contributed by atoms with Gasteiger partial charge in [0.1, 0.15) is 0 Å². The zero-order chi connectivity index (χ0) is 11.4. The highest BCUT2D eigenvalue weighted by Gasteiger charge is 2.02. The minimum atomic E-state index is -2.57. The van der Waals surface area contributed by atoms with E-state index in [0.29, 0.717) is 11.3 Å². The maximum absolute atomic E-state index is 11.2. The van der Waals surface area contributed by atoms with E-state index in [1.165, 1.54) is 24.3 Å². The van der Waals surface area contributed by atoms with Crippen molar-refractivity contribution in [2.75, 3.05) is 5.32 Å². The zero-order valence-electron chi connectivity index (χ0n) is 8.19. The maximum atomic E-state index is 11.2. The average Bonchev–Trinajstić information content (AvgIpc) is 2.18. The molecule has 0 aliphatic rings. The number of carbonyl (C=O) groups excluding carboxylic acids is 1. The summed E-state index contributed by atoms with van der Waals surface area (Å²) in [6.07, 6.45) is 0. The van der Waals surface area contributed by atoms with Crippen LogP contribution in [0.25, 0.3) is 0 Å². The predicted molar refractivity (Wildman–Crippen MR) is 58.5 cm³/mol. The fourth-order valence-electron chi connectivity index (χ4n) is 0.904. The molecule has 0 radical (unpaired) electrons. The Labute approximate surface area is 89.6 Å². The van der Waals surface area contributed by atoms with E-state index in [-0.39, 0.29) is 10.8 Å². The first-order valence-electron chi connectivity index (χ1n) is 4.22. The topological polar surface area (TPSA) is 63.2 Å². The van der Waals surface area contributed by atoms with Gasteiger partial charge in [-0.15, -0.1) is 0 Å². The second-order valence-electron chi connectivity index (χ2n) is 3.04. The van der Waals surface area contributed by atoms with E-state index in [0.717, 1.165) is 0 Å². The summed E-state index contributed by atoms with van der Waals surface area (Å²) in [6.45, 7) is 5.08. The van der Waals surface area contributed by atoms with E-state index in [1.54, 1.807) is 6.92 Å². The van der Waals surface area contributed by atoms with Crippen LogP contribution >= 0.6 is 0 Å². The molecule has 0 spiro atoms. The van der Waals surface area contributed by atoms with Gasteiger partial charge in [-0.25, -0.2) is 8.42 Å². The van der Waals surface area contributed by atoms with Gasteiger partial charge in [0.05, 0.1) is 4.90 Å². The number of rotatable bonds is 3. The van der Waals surface area contributed by atoms with Crippen molar-refractivity contribution in [3.8, 4) is 0 Å². The Balaban J connectivity index is 2.81. The van der Waals surface area contributed by atoms with Gasteiger partial charge in [0, 0.05) is 11.3 Å². The molecule has 5 heteroatoms. The summed E-state index contributed by atoms with van der Waals surface area (Å²) in [4.78, 5) is 11.4. The minimum absolute atomic E-state index is 0.221. The molecule has 1 aromatic rings. The average molecular weight is 225 g/mol. The van der Waals surface area contributed by atoms with E-state index in [9.17, 15) is 13.2 Å².